The van der Waals surface area contributed by atoms with Gasteiger partial charge in [-0.25, -0.2) is 8.42 Å². The fourth-order valence-corrected chi connectivity index (χ4v) is 5.72. The zero-order valence-corrected chi connectivity index (χ0v) is 21.1. The highest BCUT2D eigenvalue weighted by molar-refractivity contribution is 9.10. The quantitative estimate of drug-likeness (QED) is 0.395. The number of rotatable bonds is 8. The van der Waals surface area contributed by atoms with Crippen molar-refractivity contribution in [1.29, 1.82) is 0 Å². The number of anilines is 2. The topological polar surface area (TPSA) is 75.7 Å². The van der Waals surface area contributed by atoms with Gasteiger partial charge in [-0.15, -0.1) is 11.8 Å². The molecule has 168 valence electrons. The molecule has 3 aromatic rings. The van der Waals surface area contributed by atoms with E-state index in [2.05, 4.69) is 21.2 Å². The van der Waals surface area contributed by atoms with Crippen LogP contribution >= 0.6 is 27.7 Å². The molecule has 1 N–H and O–H groups in total. The second kappa shape index (κ2) is 10.4. The Kier molecular flexibility index (Phi) is 7.86. The number of nitrogens with zero attached hydrogens (tertiary/aromatic N) is 1. The molecule has 6 nitrogen and oxygen atoms in total. The van der Waals surface area contributed by atoms with Crippen LogP contribution in [-0.2, 0) is 14.8 Å². The third kappa shape index (κ3) is 5.46. The van der Waals surface area contributed by atoms with Gasteiger partial charge in [0.1, 0.15) is 12.3 Å². The number of carbonyl (C=O) groups is 1. The summed E-state index contributed by atoms with van der Waals surface area (Å²) in [5.74, 6) is 0.0699. The van der Waals surface area contributed by atoms with E-state index in [-0.39, 0.29) is 11.4 Å². The maximum Gasteiger partial charge on any atom is 0.264 e. The van der Waals surface area contributed by atoms with Crippen molar-refractivity contribution in [2.24, 2.45) is 0 Å². The average molecular weight is 535 g/mol. The lowest BCUT2D eigenvalue weighted by molar-refractivity contribution is -0.114. The largest absolute Gasteiger partial charge is 0.496 e. The van der Waals surface area contributed by atoms with E-state index in [0.29, 0.717) is 21.6 Å². The molecule has 0 radical (unpaired) electrons. The van der Waals surface area contributed by atoms with Crippen molar-refractivity contribution in [3.05, 3.63) is 76.8 Å². The molecule has 0 spiro atoms. The van der Waals surface area contributed by atoms with Crippen molar-refractivity contribution in [3.8, 4) is 5.75 Å². The van der Waals surface area contributed by atoms with Gasteiger partial charge in [-0.2, -0.15) is 0 Å². The first-order chi connectivity index (χ1) is 15.3. The fourth-order valence-electron chi connectivity index (χ4n) is 3.03. The Morgan fingerprint density at radius 1 is 1.09 bits per heavy atom. The van der Waals surface area contributed by atoms with Gasteiger partial charge in [0.2, 0.25) is 5.91 Å². The number of methoxy groups -OCH3 is 1. The van der Waals surface area contributed by atoms with Gasteiger partial charge in [0.05, 0.1) is 27.9 Å². The molecular formula is C23H23BrN2O4S2. The Morgan fingerprint density at radius 3 is 2.41 bits per heavy atom. The van der Waals surface area contributed by atoms with Crippen molar-refractivity contribution in [2.75, 3.05) is 29.5 Å². The maximum absolute atomic E-state index is 13.6. The van der Waals surface area contributed by atoms with E-state index in [4.69, 9.17) is 4.74 Å². The van der Waals surface area contributed by atoms with Crippen molar-refractivity contribution in [3.63, 3.8) is 0 Å². The summed E-state index contributed by atoms with van der Waals surface area (Å²) in [5, 5.41) is 2.83. The minimum Gasteiger partial charge on any atom is -0.496 e. The Bertz CT molecular complexity index is 1210. The standard InChI is InChI=1S/C23H23BrN2O4S2/c1-16-8-10-17(11-9-16)26(15-23(27)25-20-6-4-5-7-22(20)31-3)32(28,29)18-12-13-21(30-2)19(24)14-18/h4-14H,15H2,1-3H3,(H,25,27). The molecule has 0 bridgehead atoms. The number of hydrogen-bond acceptors (Lipinski definition) is 5. The van der Waals surface area contributed by atoms with Crippen molar-refractivity contribution < 1.29 is 17.9 Å². The summed E-state index contributed by atoms with van der Waals surface area (Å²) in [6.07, 6.45) is 1.91. The summed E-state index contributed by atoms with van der Waals surface area (Å²) in [4.78, 5) is 13.9. The fraction of sp³-hybridized carbons (Fsp3) is 0.174. The van der Waals surface area contributed by atoms with E-state index in [1.54, 1.807) is 24.3 Å². The summed E-state index contributed by atoms with van der Waals surface area (Å²) in [5.41, 5.74) is 2.02. The number of benzene rings is 3. The number of thioether (sulfide) groups is 1. The highest BCUT2D eigenvalue weighted by atomic mass is 79.9. The second-order valence-corrected chi connectivity index (χ2v) is 10.5. The highest BCUT2D eigenvalue weighted by Crippen LogP contribution is 2.31. The van der Waals surface area contributed by atoms with Crippen LogP contribution < -0.4 is 14.4 Å². The Morgan fingerprint density at radius 2 is 1.78 bits per heavy atom. The van der Waals surface area contributed by atoms with Crippen LogP contribution in [0.5, 0.6) is 5.75 Å². The van der Waals surface area contributed by atoms with Gasteiger partial charge in [-0.1, -0.05) is 29.8 Å². The van der Waals surface area contributed by atoms with E-state index in [1.807, 2.05) is 43.5 Å². The first-order valence-electron chi connectivity index (χ1n) is 9.62. The van der Waals surface area contributed by atoms with Gasteiger partial charge >= 0.3 is 0 Å². The molecule has 0 aliphatic carbocycles. The van der Waals surface area contributed by atoms with E-state index >= 15 is 0 Å². The Labute approximate surface area is 201 Å². The van der Waals surface area contributed by atoms with E-state index in [0.717, 1.165) is 14.8 Å². The first kappa shape index (κ1) is 24.2. The zero-order valence-electron chi connectivity index (χ0n) is 17.8. The number of halogens is 1. The lowest BCUT2D eigenvalue weighted by Crippen LogP contribution is -2.38. The van der Waals surface area contributed by atoms with Crippen molar-refractivity contribution in [2.45, 2.75) is 16.7 Å². The number of aryl methyl sites for hydroxylation is 1. The maximum atomic E-state index is 13.6. The van der Waals surface area contributed by atoms with Gasteiger partial charge in [-0.3, -0.25) is 9.10 Å². The molecule has 0 aliphatic rings. The highest BCUT2D eigenvalue weighted by Gasteiger charge is 2.28. The lowest BCUT2D eigenvalue weighted by atomic mass is 10.2. The smallest absolute Gasteiger partial charge is 0.264 e. The monoisotopic (exact) mass is 534 g/mol. The summed E-state index contributed by atoms with van der Waals surface area (Å²) in [7, 11) is -2.53. The molecule has 0 atom stereocenters. The molecule has 1 amide bonds. The van der Waals surface area contributed by atoms with Crippen LogP contribution in [0.15, 0.2) is 81.0 Å². The lowest BCUT2D eigenvalue weighted by Gasteiger charge is -2.24. The molecular weight excluding hydrogens is 512 g/mol. The molecule has 3 aromatic carbocycles. The number of sulfonamides is 1. The molecule has 0 aliphatic heterocycles. The van der Waals surface area contributed by atoms with Crippen LogP contribution in [0.2, 0.25) is 0 Å². The van der Waals surface area contributed by atoms with E-state index < -0.39 is 15.9 Å². The predicted molar refractivity (Wildman–Crippen MR) is 133 cm³/mol. The minimum atomic E-state index is -4.04. The van der Waals surface area contributed by atoms with Crippen LogP contribution in [0.4, 0.5) is 11.4 Å². The molecule has 0 heterocycles. The van der Waals surface area contributed by atoms with Crippen molar-refractivity contribution in [1.82, 2.24) is 0 Å². The normalized spacial score (nSPS) is 11.1. The molecule has 0 unspecified atom stereocenters. The number of para-hydroxylation sites is 1. The van der Waals surface area contributed by atoms with Gasteiger partial charge in [0.15, 0.2) is 0 Å². The number of ether oxygens (including phenoxy) is 1. The third-order valence-corrected chi connectivity index (χ3v) is 7.89. The minimum absolute atomic E-state index is 0.0445. The molecule has 32 heavy (non-hydrogen) atoms. The van der Waals surface area contributed by atoms with E-state index in [1.165, 1.54) is 31.0 Å². The van der Waals surface area contributed by atoms with Crippen molar-refractivity contribution >= 4 is 55.0 Å². The number of nitrogens with one attached hydrogen (secondary N) is 1. The summed E-state index contributed by atoms with van der Waals surface area (Å²) >= 11 is 4.83. The van der Waals surface area contributed by atoms with E-state index in [9.17, 15) is 13.2 Å². The van der Waals surface area contributed by atoms with Gasteiger partial charge in [-0.05, 0) is 71.6 Å². The SMILES string of the molecule is COc1ccc(S(=O)(=O)N(CC(=O)Nc2ccccc2SC)c2ccc(C)cc2)cc1Br. The van der Waals surface area contributed by atoms with Gasteiger partial charge < -0.3 is 10.1 Å². The third-order valence-electron chi connectivity index (χ3n) is 4.70. The van der Waals surface area contributed by atoms with Crippen LogP contribution in [-0.4, -0.2) is 34.2 Å². The molecule has 3 rings (SSSR count). The number of carbonyl (C=O) groups excluding carboxylic acids is 1. The molecule has 9 heteroatoms. The average Bonchev–Trinajstić information content (AvgIpc) is 2.78. The first-order valence-corrected chi connectivity index (χ1v) is 13.1. The molecule has 0 saturated carbocycles. The summed E-state index contributed by atoms with van der Waals surface area (Å²) in [6.45, 7) is 1.53. The van der Waals surface area contributed by atoms with Crippen LogP contribution in [0.1, 0.15) is 5.56 Å². The Balaban J connectivity index is 1.97. The Hall–Kier alpha value is -2.49. The second-order valence-electron chi connectivity index (χ2n) is 6.89. The van der Waals surface area contributed by atoms with Crippen LogP contribution in [0.3, 0.4) is 0 Å². The molecule has 0 fully saturated rings. The summed E-state index contributed by atoms with van der Waals surface area (Å²) in [6, 6.07) is 18.9. The van der Waals surface area contributed by atoms with Crippen LogP contribution in [0.25, 0.3) is 0 Å². The van der Waals surface area contributed by atoms with Gasteiger partial charge in [0.25, 0.3) is 10.0 Å². The predicted octanol–water partition coefficient (Wildman–Crippen LogP) is 5.32. The zero-order chi connectivity index (χ0) is 23.3. The molecule has 0 aromatic heterocycles. The number of amides is 1. The number of hydrogen-bond donors (Lipinski definition) is 1. The molecule has 0 saturated heterocycles. The van der Waals surface area contributed by atoms with Gasteiger partial charge in [0, 0.05) is 4.90 Å². The van der Waals surface area contributed by atoms with Crippen LogP contribution in [0, 0.1) is 6.92 Å². The summed E-state index contributed by atoms with van der Waals surface area (Å²) < 4.78 is 33.9.